The molecule has 5 heteroatoms. The summed E-state index contributed by atoms with van der Waals surface area (Å²) in [4.78, 5) is 15.5. The molecule has 0 bridgehead atoms. The van der Waals surface area contributed by atoms with Crippen LogP contribution < -0.4 is 0 Å². The second-order valence-corrected chi connectivity index (χ2v) is 4.31. The Labute approximate surface area is 92.2 Å². The molecule has 2 heterocycles. The Morgan fingerprint density at radius 2 is 2.33 bits per heavy atom. The van der Waals surface area contributed by atoms with Gasteiger partial charge in [-0.25, -0.2) is 9.78 Å². The number of nitrogens with zero attached hydrogens (tertiary/aromatic N) is 1. The molecule has 4 nitrogen and oxygen atoms in total. The first-order valence-corrected chi connectivity index (χ1v) is 5.80. The number of rotatable bonds is 2. The monoisotopic (exact) mass is 227 g/mol. The lowest BCUT2D eigenvalue weighted by Gasteiger charge is -2.19. The molecular weight excluding hydrogens is 214 g/mol. The highest BCUT2D eigenvalue weighted by molar-refractivity contribution is 7.11. The van der Waals surface area contributed by atoms with Crippen molar-refractivity contribution in [2.45, 2.75) is 18.8 Å². The molecule has 15 heavy (non-hydrogen) atoms. The quantitative estimate of drug-likeness (QED) is 0.723. The number of esters is 1. The molecule has 1 aliphatic heterocycles. The van der Waals surface area contributed by atoms with Crippen molar-refractivity contribution in [1.29, 1.82) is 0 Å². The van der Waals surface area contributed by atoms with E-state index in [9.17, 15) is 4.79 Å². The van der Waals surface area contributed by atoms with E-state index >= 15 is 0 Å². The van der Waals surface area contributed by atoms with Gasteiger partial charge < -0.3 is 9.47 Å². The molecule has 0 spiro atoms. The van der Waals surface area contributed by atoms with Crippen molar-refractivity contribution in [2.24, 2.45) is 0 Å². The summed E-state index contributed by atoms with van der Waals surface area (Å²) < 4.78 is 9.90. The fourth-order valence-corrected chi connectivity index (χ4v) is 2.46. The first kappa shape index (κ1) is 10.6. The van der Waals surface area contributed by atoms with Crippen LogP contribution in [0.3, 0.4) is 0 Å². The highest BCUT2D eigenvalue weighted by atomic mass is 32.1. The largest absolute Gasteiger partial charge is 0.464 e. The van der Waals surface area contributed by atoms with Crippen molar-refractivity contribution in [3.8, 4) is 0 Å². The molecule has 0 N–H and O–H groups in total. The zero-order valence-corrected chi connectivity index (χ0v) is 9.38. The summed E-state index contributed by atoms with van der Waals surface area (Å²) in [5, 5.41) is 2.39. The van der Waals surface area contributed by atoms with Gasteiger partial charge in [-0.15, -0.1) is 11.3 Å². The van der Waals surface area contributed by atoms with Gasteiger partial charge in [0, 0.05) is 24.5 Å². The van der Waals surface area contributed by atoms with Crippen molar-refractivity contribution < 1.29 is 14.3 Å². The van der Waals surface area contributed by atoms with Crippen LogP contribution in [0.25, 0.3) is 0 Å². The number of thiazole rings is 1. The molecule has 2 rings (SSSR count). The van der Waals surface area contributed by atoms with E-state index in [0.717, 1.165) is 31.7 Å². The minimum atomic E-state index is -0.349. The molecule has 0 amide bonds. The van der Waals surface area contributed by atoms with Gasteiger partial charge in [-0.05, 0) is 12.8 Å². The standard InChI is InChI=1S/C10H13NO3S/c1-13-10(12)9-11-8(6-15-9)7-2-4-14-5-3-7/h6-7H,2-5H2,1H3. The van der Waals surface area contributed by atoms with Crippen molar-refractivity contribution in [3.05, 3.63) is 16.1 Å². The van der Waals surface area contributed by atoms with Crippen LogP contribution in [0.4, 0.5) is 0 Å². The second-order valence-electron chi connectivity index (χ2n) is 3.46. The predicted octanol–water partition coefficient (Wildman–Crippen LogP) is 1.82. The molecule has 1 saturated heterocycles. The minimum absolute atomic E-state index is 0.349. The van der Waals surface area contributed by atoms with Gasteiger partial charge in [0.15, 0.2) is 0 Å². The molecule has 82 valence electrons. The van der Waals surface area contributed by atoms with E-state index in [-0.39, 0.29) is 5.97 Å². The van der Waals surface area contributed by atoms with Crippen molar-refractivity contribution >= 4 is 17.3 Å². The average molecular weight is 227 g/mol. The second kappa shape index (κ2) is 4.72. The number of ether oxygens (including phenoxy) is 2. The van der Waals surface area contributed by atoms with Crippen LogP contribution in [0.2, 0.25) is 0 Å². The lowest BCUT2D eigenvalue weighted by atomic mass is 9.98. The van der Waals surface area contributed by atoms with Gasteiger partial charge in [0.1, 0.15) is 0 Å². The molecule has 0 atom stereocenters. The summed E-state index contributed by atoms with van der Waals surface area (Å²) in [5.74, 6) is 0.0896. The van der Waals surface area contributed by atoms with Crippen LogP contribution in [0.5, 0.6) is 0 Å². The predicted molar refractivity (Wildman–Crippen MR) is 56.2 cm³/mol. The van der Waals surface area contributed by atoms with Crippen molar-refractivity contribution in [1.82, 2.24) is 4.98 Å². The Kier molecular flexibility index (Phi) is 3.33. The van der Waals surface area contributed by atoms with E-state index in [1.54, 1.807) is 0 Å². The van der Waals surface area contributed by atoms with Gasteiger partial charge >= 0.3 is 5.97 Å². The van der Waals surface area contributed by atoms with E-state index in [1.807, 2.05) is 5.38 Å². The zero-order valence-electron chi connectivity index (χ0n) is 8.56. The van der Waals surface area contributed by atoms with Gasteiger partial charge in [0.05, 0.1) is 12.8 Å². The highest BCUT2D eigenvalue weighted by Crippen LogP contribution is 2.27. The number of aromatic nitrogens is 1. The maximum atomic E-state index is 11.2. The third-order valence-electron chi connectivity index (χ3n) is 2.52. The zero-order chi connectivity index (χ0) is 10.7. The van der Waals surface area contributed by atoms with Gasteiger partial charge in [-0.1, -0.05) is 0 Å². The maximum Gasteiger partial charge on any atom is 0.367 e. The normalized spacial score (nSPS) is 17.7. The Morgan fingerprint density at radius 3 is 3.00 bits per heavy atom. The summed E-state index contributed by atoms with van der Waals surface area (Å²) >= 11 is 1.35. The summed E-state index contributed by atoms with van der Waals surface area (Å²) in [6, 6.07) is 0. The Balaban J connectivity index is 2.08. The Hall–Kier alpha value is -0.940. The average Bonchev–Trinajstić information content (AvgIpc) is 2.78. The van der Waals surface area contributed by atoms with Crippen LogP contribution in [0.1, 0.15) is 34.3 Å². The van der Waals surface area contributed by atoms with E-state index in [0.29, 0.717) is 10.9 Å². The lowest BCUT2D eigenvalue weighted by Crippen LogP contribution is -2.14. The summed E-state index contributed by atoms with van der Waals surface area (Å²) in [5.41, 5.74) is 1.00. The molecule has 1 aromatic heterocycles. The summed E-state index contributed by atoms with van der Waals surface area (Å²) in [6.07, 6.45) is 1.98. The van der Waals surface area contributed by atoms with Crippen LogP contribution in [-0.2, 0) is 9.47 Å². The SMILES string of the molecule is COC(=O)c1nc(C2CCOCC2)cs1. The minimum Gasteiger partial charge on any atom is -0.464 e. The molecule has 0 aromatic carbocycles. The third kappa shape index (κ3) is 2.35. The number of hydrogen-bond donors (Lipinski definition) is 0. The molecule has 0 aliphatic carbocycles. The van der Waals surface area contributed by atoms with Crippen molar-refractivity contribution in [3.63, 3.8) is 0 Å². The molecule has 0 saturated carbocycles. The topological polar surface area (TPSA) is 48.4 Å². The van der Waals surface area contributed by atoms with Gasteiger partial charge in [-0.2, -0.15) is 0 Å². The van der Waals surface area contributed by atoms with Gasteiger partial charge in [-0.3, -0.25) is 0 Å². The van der Waals surface area contributed by atoms with Crippen LogP contribution in [0, 0.1) is 0 Å². The highest BCUT2D eigenvalue weighted by Gasteiger charge is 2.20. The third-order valence-corrected chi connectivity index (χ3v) is 3.36. The molecule has 0 unspecified atom stereocenters. The van der Waals surface area contributed by atoms with E-state index in [4.69, 9.17) is 4.74 Å². The van der Waals surface area contributed by atoms with Gasteiger partial charge in [0.25, 0.3) is 0 Å². The molecule has 1 aliphatic rings. The van der Waals surface area contributed by atoms with Crippen LogP contribution in [-0.4, -0.2) is 31.3 Å². The first-order chi connectivity index (χ1) is 7.31. The maximum absolute atomic E-state index is 11.2. The van der Waals surface area contributed by atoms with Gasteiger partial charge in [0.2, 0.25) is 5.01 Å². The smallest absolute Gasteiger partial charge is 0.367 e. The number of carbonyl (C=O) groups is 1. The fraction of sp³-hybridized carbons (Fsp3) is 0.600. The Bertz CT molecular complexity index is 344. The van der Waals surface area contributed by atoms with Crippen molar-refractivity contribution in [2.75, 3.05) is 20.3 Å². The Morgan fingerprint density at radius 1 is 1.60 bits per heavy atom. The molecular formula is C10H13NO3S. The molecule has 0 radical (unpaired) electrons. The summed E-state index contributed by atoms with van der Waals surface area (Å²) in [7, 11) is 1.37. The van der Waals surface area contributed by atoms with E-state index in [1.165, 1.54) is 18.4 Å². The number of methoxy groups -OCH3 is 1. The van der Waals surface area contributed by atoms with Crippen LogP contribution >= 0.6 is 11.3 Å². The van der Waals surface area contributed by atoms with E-state index in [2.05, 4.69) is 9.72 Å². The molecule has 1 fully saturated rings. The fourth-order valence-electron chi connectivity index (χ4n) is 1.65. The van der Waals surface area contributed by atoms with E-state index < -0.39 is 0 Å². The lowest BCUT2D eigenvalue weighted by molar-refractivity contribution is 0.0599. The molecule has 1 aromatic rings. The summed E-state index contributed by atoms with van der Waals surface area (Å²) in [6.45, 7) is 1.57. The number of carbonyl (C=O) groups excluding carboxylic acids is 1. The first-order valence-electron chi connectivity index (χ1n) is 4.92. The van der Waals surface area contributed by atoms with Crippen LogP contribution in [0.15, 0.2) is 5.38 Å². The number of hydrogen-bond acceptors (Lipinski definition) is 5.